The molecule has 1 aromatic rings. The molecule has 2 aliphatic heterocycles. The van der Waals surface area contributed by atoms with Gasteiger partial charge in [-0.15, -0.1) is 11.8 Å². The molecule has 2 amide bonds. The van der Waals surface area contributed by atoms with Crippen molar-refractivity contribution in [2.45, 2.75) is 24.4 Å². The maximum Gasteiger partial charge on any atom is 0.351 e. The smallest absolute Gasteiger partial charge is 0.351 e. The van der Waals surface area contributed by atoms with E-state index in [-0.39, 0.29) is 17.5 Å². The van der Waals surface area contributed by atoms with Crippen LogP contribution in [0, 0.1) is 0 Å². The van der Waals surface area contributed by atoms with Gasteiger partial charge in [0.1, 0.15) is 23.2 Å². The normalized spacial score (nSPS) is 27.1. The highest BCUT2D eigenvalue weighted by Crippen LogP contribution is 2.26. The number of thioether (sulfide) groups is 1. The van der Waals surface area contributed by atoms with Gasteiger partial charge in [0.25, 0.3) is 0 Å². The molecule has 1 fully saturated rings. The van der Waals surface area contributed by atoms with E-state index in [0.717, 1.165) is 0 Å². The Morgan fingerprint density at radius 1 is 1.12 bits per heavy atom. The number of amides is 2. The second kappa shape index (κ2) is 6.56. The maximum atomic E-state index is 12.4. The summed E-state index contributed by atoms with van der Waals surface area (Å²) in [5.41, 5.74) is 1.49. The van der Waals surface area contributed by atoms with Gasteiger partial charge in [-0.25, -0.2) is 4.79 Å². The average Bonchev–Trinajstić information content (AvgIpc) is 2.57. The molecule has 2 aliphatic rings. The van der Waals surface area contributed by atoms with Crippen LogP contribution in [0.2, 0.25) is 0 Å². The second-order valence-corrected chi connectivity index (χ2v) is 6.80. The predicted octanol–water partition coefficient (Wildman–Crippen LogP) is 0.363. The molecule has 1 saturated heterocycles. The third kappa shape index (κ3) is 3.09. The fourth-order valence-corrected chi connectivity index (χ4v) is 3.87. The monoisotopic (exact) mass is 347 g/mol. The van der Waals surface area contributed by atoms with Crippen LogP contribution in [-0.2, 0) is 14.4 Å². The van der Waals surface area contributed by atoms with Crippen molar-refractivity contribution in [1.82, 2.24) is 16.0 Å². The van der Waals surface area contributed by atoms with Gasteiger partial charge in [-0.2, -0.15) is 0 Å². The molecule has 3 atom stereocenters. The van der Waals surface area contributed by atoms with Crippen molar-refractivity contribution in [2.24, 2.45) is 0 Å². The molecule has 0 aromatic heterocycles. The summed E-state index contributed by atoms with van der Waals surface area (Å²) in [5, 5.41) is 17.0. The summed E-state index contributed by atoms with van der Waals surface area (Å²) in [6.07, 6.45) is 0. The first-order valence-corrected chi connectivity index (χ1v) is 8.49. The minimum atomic E-state index is -1.07. The number of carboxylic acid groups (broad SMARTS) is 1. The number of carboxylic acids is 1. The Labute approximate surface area is 142 Å². The van der Waals surface area contributed by atoms with Crippen molar-refractivity contribution in [1.29, 1.82) is 0 Å². The molecule has 1 aromatic carbocycles. The van der Waals surface area contributed by atoms with Gasteiger partial charge in [-0.3, -0.25) is 9.59 Å². The molecule has 126 valence electrons. The first-order chi connectivity index (χ1) is 11.5. The highest BCUT2D eigenvalue weighted by atomic mass is 32.2. The Hall–Kier alpha value is -2.48. The zero-order chi connectivity index (χ0) is 17.3. The van der Waals surface area contributed by atoms with Gasteiger partial charge < -0.3 is 21.1 Å². The van der Waals surface area contributed by atoms with E-state index < -0.39 is 23.4 Å². The average molecular weight is 347 g/mol. The summed E-state index contributed by atoms with van der Waals surface area (Å²) < 4.78 is 0. The van der Waals surface area contributed by atoms with Crippen LogP contribution in [0.5, 0.6) is 0 Å². The Morgan fingerprint density at radius 2 is 1.83 bits per heavy atom. The first-order valence-electron chi connectivity index (χ1n) is 7.44. The second-order valence-electron chi connectivity index (χ2n) is 5.67. The number of rotatable bonds is 3. The van der Waals surface area contributed by atoms with Gasteiger partial charge in [-0.05, 0) is 18.1 Å². The number of aliphatic carboxylic acids is 1. The van der Waals surface area contributed by atoms with E-state index in [1.165, 1.54) is 11.8 Å². The Balaban J connectivity index is 1.75. The number of benzene rings is 1. The summed E-state index contributed by atoms with van der Waals surface area (Å²) in [4.78, 5) is 36.1. The SMILES string of the molecule is CC1=C(C(=O)O)N[C@H]([C@@H]2NC(=O)[C@@H](c3ccccc3)NC2=O)SC1. The summed E-state index contributed by atoms with van der Waals surface area (Å²) in [6.45, 7) is 1.73. The van der Waals surface area contributed by atoms with Gasteiger partial charge in [0, 0.05) is 5.75 Å². The fourth-order valence-electron chi connectivity index (χ4n) is 2.71. The van der Waals surface area contributed by atoms with Gasteiger partial charge in [0.15, 0.2) is 0 Å². The van der Waals surface area contributed by atoms with Crippen LogP contribution in [0.4, 0.5) is 0 Å². The van der Waals surface area contributed by atoms with Crippen molar-refractivity contribution in [3.63, 3.8) is 0 Å². The quantitative estimate of drug-likeness (QED) is 0.629. The van der Waals surface area contributed by atoms with E-state index in [1.54, 1.807) is 31.2 Å². The van der Waals surface area contributed by atoms with Crippen LogP contribution in [0.25, 0.3) is 0 Å². The molecule has 2 heterocycles. The van der Waals surface area contributed by atoms with E-state index >= 15 is 0 Å². The van der Waals surface area contributed by atoms with Crippen LogP contribution in [0.3, 0.4) is 0 Å². The van der Waals surface area contributed by atoms with E-state index in [9.17, 15) is 19.5 Å². The summed E-state index contributed by atoms with van der Waals surface area (Å²) in [7, 11) is 0. The topological polar surface area (TPSA) is 108 Å². The molecular formula is C16H17N3O4S. The molecule has 7 nitrogen and oxygen atoms in total. The highest BCUT2D eigenvalue weighted by molar-refractivity contribution is 8.00. The first kappa shape index (κ1) is 16.4. The Morgan fingerprint density at radius 3 is 2.50 bits per heavy atom. The van der Waals surface area contributed by atoms with Crippen molar-refractivity contribution >= 4 is 29.5 Å². The molecule has 0 spiro atoms. The number of hydrogen-bond acceptors (Lipinski definition) is 5. The third-order valence-corrected chi connectivity index (χ3v) is 5.32. The van der Waals surface area contributed by atoms with E-state index in [2.05, 4.69) is 16.0 Å². The number of nitrogens with one attached hydrogen (secondary N) is 3. The molecule has 0 radical (unpaired) electrons. The summed E-state index contributed by atoms with van der Waals surface area (Å²) in [6, 6.07) is 7.41. The van der Waals surface area contributed by atoms with Gasteiger partial charge in [0.05, 0.1) is 0 Å². The molecule has 3 rings (SSSR count). The van der Waals surface area contributed by atoms with Gasteiger partial charge in [-0.1, -0.05) is 30.3 Å². The lowest BCUT2D eigenvalue weighted by atomic mass is 10.0. The third-order valence-electron chi connectivity index (χ3n) is 3.97. The zero-order valence-corrected chi connectivity index (χ0v) is 13.7. The minimum Gasteiger partial charge on any atom is -0.477 e. The lowest BCUT2D eigenvalue weighted by Gasteiger charge is -2.36. The van der Waals surface area contributed by atoms with E-state index in [1.807, 2.05) is 6.07 Å². The van der Waals surface area contributed by atoms with E-state index in [4.69, 9.17) is 0 Å². The van der Waals surface area contributed by atoms with Crippen molar-refractivity contribution in [2.75, 3.05) is 5.75 Å². The number of carbonyl (C=O) groups excluding carboxylic acids is 2. The minimum absolute atomic E-state index is 0.0889. The van der Waals surface area contributed by atoms with Gasteiger partial charge in [0.2, 0.25) is 11.8 Å². The number of carbonyl (C=O) groups is 3. The zero-order valence-electron chi connectivity index (χ0n) is 12.9. The fraction of sp³-hybridized carbons (Fsp3) is 0.312. The van der Waals surface area contributed by atoms with Crippen LogP contribution < -0.4 is 16.0 Å². The Kier molecular flexibility index (Phi) is 4.48. The lowest BCUT2D eigenvalue weighted by Crippen LogP contribution is -2.64. The molecule has 0 saturated carbocycles. The lowest BCUT2D eigenvalue weighted by molar-refractivity contribution is -0.137. The molecular weight excluding hydrogens is 330 g/mol. The van der Waals surface area contributed by atoms with Crippen LogP contribution in [0.15, 0.2) is 41.6 Å². The van der Waals surface area contributed by atoms with Crippen molar-refractivity contribution in [3.05, 3.63) is 47.2 Å². The molecule has 4 N–H and O–H groups in total. The van der Waals surface area contributed by atoms with Crippen LogP contribution >= 0.6 is 11.8 Å². The Bertz CT molecular complexity index is 719. The summed E-state index contributed by atoms with van der Waals surface area (Å²) in [5.74, 6) is -1.22. The van der Waals surface area contributed by atoms with Gasteiger partial charge >= 0.3 is 5.97 Å². The highest BCUT2D eigenvalue weighted by Gasteiger charge is 2.41. The largest absolute Gasteiger partial charge is 0.477 e. The molecule has 0 bridgehead atoms. The molecule has 24 heavy (non-hydrogen) atoms. The molecule has 0 unspecified atom stereocenters. The van der Waals surface area contributed by atoms with Crippen LogP contribution in [-0.4, -0.2) is 40.1 Å². The molecule has 8 heteroatoms. The van der Waals surface area contributed by atoms with Crippen molar-refractivity contribution < 1.29 is 19.5 Å². The van der Waals surface area contributed by atoms with Crippen molar-refractivity contribution in [3.8, 4) is 0 Å². The maximum absolute atomic E-state index is 12.4. The van der Waals surface area contributed by atoms with E-state index in [0.29, 0.717) is 16.9 Å². The predicted molar refractivity (Wildman–Crippen MR) is 89.0 cm³/mol. The number of hydrogen-bond donors (Lipinski definition) is 4. The standard InChI is InChI=1S/C16H17N3O4S/c1-8-7-24-15(19-10(8)16(22)23)12-14(21)17-11(13(20)18-12)9-5-3-2-4-6-9/h2-6,11-12,15,19H,7H2,1H3,(H,17,21)(H,18,20)(H,22,23)/t11-,12-,15+/m1/s1. The van der Waals surface area contributed by atoms with Crippen LogP contribution in [0.1, 0.15) is 18.5 Å². The number of piperazine rings is 1. The summed E-state index contributed by atoms with van der Waals surface area (Å²) >= 11 is 1.39. The molecule has 0 aliphatic carbocycles.